The molecule has 0 aromatic heterocycles. The van der Waals surface area contributed by atoms with Crippen molar-refractivity contribution in [1.29, 1.82) is 0 Å². The third-order valence-corrected chi connectivity index (χ3v) is 11.0. The van der Waals surface area contributed by atoms with Crippen LogP contribution in [-0.2, 0) is 9.22 Å². The highest BCUT2D eigenvalue weighted by atomic mass is 28.4. The van der Waals surface area contributed by atoms with Gasteiger partial charge in [-0.1, -0.05) is 95.3 Å². The van der Waals surface area contributed by atoms with Crippen LogP contribution >= 0.6 is 0 Å². The second kappa shape index (κ2) is 8.22. The van der Waals surface area contributed by atoms with E-state index in [0.29, 0.717) is 12.5 Å². The highest BCUT2D eigenvalue weighted by Crippen LogP contribution is 2.37. The fraction of sp³-hybridized carbons (Fsp3) is 0.458. The van der Waals surface area contributed by atoms with Crippen molar-refractivity contribution in [1.82, 2.24) is 5.32 Å². The van der Waals surface area contributed by atoms with E-state index >= 15 is 0 Å². The number of hydrogen-bond donors (Lipinski definition) is 1. The Morgan fingerprint density at radius 2 is 1.46 bits per heavy atom. The lowest BCUT2D eigenvalue weighted by molar-refractivity contribution is -0.137. The average molecular weight is 396 g/mol. The maximum absolute atomic E-state index is 11.9. The lowest BCUT2D eigenvalue weighted by Gasteiger charge is -2.44. The molecule has 1 heterocycles. The third kappa shape index (κ3) is 3.81. The SMILES string of the molecule is CC(C)[C@H]1C(=O)N[C@H]1CCO[Si](c1ccccc1)(c1ccccc1)C(C)(C)C. The minimum atomic E-state index is -2.48. The Kier molecular flexibility index (Phi) is 6.11. The molecule has 2 atom stereocenters. The molecule has 28 heavy (non-hydrogen) atoms. The molecule has 0 aliphatic carbocycles. The molecule has 3 nitrogen and oxygen atoms in total. The number of rotatable bonds is 7. The molecule has 2 aromatic rings. The van der Waals surface area contributed by atoms with Gasteiger partial charge in [0.25, 0.3) is 8.32 Å². The zero-order valence-electron chi connectivity index (χ0n) is 17.7. The van der Waals surface area contributed by atoms with E-state index in [2.05, 4.69) is 101 Å². The summed E-state index contributed by atoms with van der Waals surface area (Å²) in [6.45, 7) is 11.8. The van der Waals surface area contributed by atoms with Gasteiger partial charge in [-0.25, -0.2) is 0 Å². The highest BCUT2D eigenvalue weighted by Gasteiger charge is 2.50. The van der Waals surface area contributed by atoms with E-state index in [9.17, 15) is 4.79 Å². The van der Waals surface area contributed by atoms with Gasteiger partial charge in [0.15, 0.2) is 0 Å². The van der Waals surface area contributed by atoms with Gasteiger partial charge in [-0.15, -0.1) is 0 Å². The zero-order valence-corrected chi connectivity index (χ0v) is 18.7. The first kappa shape index (κ1) is 20.8. The Bertz CT molecular complexity index is 744. The Labute approximate surface area is 170 Å². The molecule has 1 fully saturated rings. The maximum atomic E-state index is 11.9. The molecule has 0 spiro atoms. The van der Waals surface area contributed by atoms with Crippen LogP contribution in [0.4, 0.5) is 0 Å². The number of amides is 1. The smallest absolute Gasteiger partial charge is 0.261 e. The summed E-state index contributed by atoms with van der Waals surface area (Å²) in [6.07, 6.45) is 0.860. The topological polar surface area (TPSA) is 38.3 Å². The molecule has 1 saturated heterocycles. The van der Waals surface area contributed by atoms with E-state index in [0.717, 1.165) is 6.42 Å². The number of hydrogen-bond acceptors (Lipinski definition) is 2. The van der Waals surface area contributed by atoms with Gasteiger partial charge in [0, 0.05) is 12.6 Å². The minimum Gasteiger partial charge on any atom is -0.407 e. The number of carbonyl (C=O) groups excluding carboxylic acids is 1. The maximum Gasteiger partial charge on any atom is 0.261 e. The van der Waals surface area contributed by atoms with E-state index in [-0.39, 0.29) is 22.9 Å². The Morgan fingerprint density at radius 3 is 1.86 bits per heavy atom. The molecule has 1 aliphatic heterocycles. The Morgan fingerprint density at radius 1 is 0.964 bits per heavy atom. The van der Waals surface area contributed by atoms with Crippen molar-refractivity contribution in [3.63, 3.8) is 0 Å². The first-order valence-corrected chi connectivity index (χ1v) is 12.2. The average Bonchev–Trinajstić information content (AvgIpc) is 2.64. The minimum absolute atomic E-state index is 0.0178. The lowest BCUT2D eigenvalue weighted by Crippen LogP contribution is -2.67. The normalized spacial score (nSPS) is 20.0. The van der Waals surface area contributed by atoms with E-state index in [1.54, 1.807) is 0 Å². The van der Waals surface area contributed by atoms with Crippen molar-refractivity contribution in [2.24, 2.45) is 11.8 Å². The molecular weight excluding hydrogens is 362 g/mol. The standard InChI is InChI=1S/C24H33NO2Si/c1-18(2)22-21(25-23(22)26)16-17-27-28(24(3,4)5,19-12-8-6-9-13-19)20-14-10-7-11-15-20/h6-15,18,21-22H,16-17H2,1-5H3,(H,25,26)/t21-,22+/m0/s1. The number of carbonyl (C=O) groups is 1. The summed E-state index contributed by atoms with van der Waals surface area (Å²) in [4.78, 5) is 11.9. The van der Waals surface area contributed by atoms with Gasteiger partial charge in [0.05, 0.1) is 5.92 Å². The summed E-state index contributed by atoms with van der Waals surface area (Å²) in [6, 6.07) is 21.6. The van der Waals surface area contributed by atoms with E-state index in [1.807, 2.05) is 0 Å². The van der Waals surface area contributed by atoms with Crippen LogP contribution in [0.2, 0.25) is 5.04 Å². The van der Waals surface area contributed by atoms with Crippen LogP contribution in [0.5, 0.6) is 0 Å². The molecule has 0 bridgehead atoms. The summed E-state index contributed by atoms with van der Waals surface area (Å²) in [5.74, 6) is 0.666. The van der Waals surface area contributed by atoms with E-state index < -0.39 is 8.32 Å². The number of nitrogens with one attached hydrogen (secondary N) is 1. The van der Waals surface area contributed by atoms with Crippen LogP contribution in [-0.4, -0.2) is 26.9 Å². The molecule has 0 radical (unpaired) electrons. The largest absolute Gasteiger partial charge is 0.407 e. The fourth-order valence-electron chi connectivity index (χ4n) is 4.57. The van der Waals surface area contributed by atoms with Gasteiger partial charge in [-0.2, -0.15) is 0 Å². The zero-order chi connectivity index (χ0) is 20.4. The lowest BCUT2D eigenvalue weighted by atomic mass is 9.80. The predicted octanol–water partition coefficient (Wildman–Crippen LogP) is 3.72. The highest BCUT2D eigenvalue weighted by molar-refractivity contribution is 6.99. The number of β-lactam (4-membered cyclic amide) rings is 1. The van der Waals surface area contributed by atoms with Gasteiger partial charge < -0.3 is 9.74 Å². The van der Waals surface area contributed by atoms with Crippen LogP contribution in [0.25, 0.3) is 0 Å². The summed E-state index contributed by atoms with van der Waals surface area (Å²) in [5, 5.41) is 5.65. The van der Waals surface area contributed by atoms with Gasteiger partial charge in [-0.05, 0) is 27.8 Å². The van der Waals surface area contributed by atoms with E-state index in [4.69, 9.17) is 4.43 Å². The molecular formula is C24H33NO2Si. The van der Waals surface area contributed by atoms with Crippen molar-refractivity contribution in [2.75, 3.05) is 6.61 Å². The molecule has 3 rings (SSSR count). The number of benzene rings is 2. The first-order chi connectivity index (χ1) is 13.3. The molecule has 4 heteroatoms. The second-order valence-electron chi connectivity index (χ2n) is 9.19. The molecule has 1 aliphatic rings. The van der Waals surface area contributed by atoms with E-state index in [1.165, 1.54) is 10.4 Å². The quantitative estimate of drug-likeness (QED) is 0.573. The molecule has 0 saturated carbocycles. The van der Waals surface area contributed by atoms with Crippen LogP contribution in [0.1, 0.15) is 41.0 Å². The predicted molar refractivity (Wildman–Crippen MR) is 118 cm³/mol. The van der Waals surface area contributed by atoms with Crippen molar-refractivity contribution >= 4 is 24.6 Å². The van der Waals surface area contributed by atoms with Gasteiger partial charge in [0.2, 0.25) is 5.91 Å². The Balaban J connectivity index is 1.90. The van der Waals surface area contributed by atoms with Gasteiger partial charge in [0.1, 0.15) is 0 Å². The van der Waals surface area contributed by atoms with Gasteiger partial charge >= 0.3 is 0 Å². The van der Waals surface area contributed by atoms with Crippen LogP contribution < -0.4 is 15.7 Å². The second-order valence-corrected chi connectivity index (χ2v) is 13.5. The molecule has 2 aromatic carbocycles. The van der Waals surface area contributed by atoms with Crippen molar-refractivity contribution in [2.45, 2.75) is 52.1 Å². The van der Waals surface area contributed by atoms with Crippen molar-refractivity contribution in [3.8, 4) is 0 Å². The van der Waals surface area contributed by atoms with Crippen LogP contribution in [0.3, 0.4) is 0 Å². The summed E-state index contributed by atoms with van der Waals surface area (Å²) in [7, 11) is -2.48. The third-order valence-electron chi connectivity index (χ3n) is 5.95. The first-order valence-electron chi connectivity index (χ1n) is 10.3. The molecule has 1 amide bonds. The van der Waals surface area contributed by atoms with Crippen molar-refractivity contribution < 1.29 is 9.22 Å². The van der Waals surface area contributed by atoms with Gasteiger partial charge in [-0.3, -0.25) is 4.79 Å². The molecule has 150 valence electrons. The fourth-order valence-corrected chi connectivity index (χ4v) is 9.15. The summed E-state index contributed by atoms with van der Waals surface area (Å²) < 4.78 is 6.92. The summed E-state index contributed by atoms with van der Waals surface area (Å²) in [5.41, 5.74) is 0. The van der Waals surface area contributed by atoms with Crippen molar-refractivity contribution in [3.05, 3.63) is 60.7 Å². The van der Waals surface area contributed by atoms with Crippen LogP contribution in [0.15, 0.2) is 60.7 Å². The molecule has 1 N–H and O–H groups in total. The monoisotopic (exact) mass is 395 g/mol. The van der Waals surface area contributed by atoms with Crippen LogP contribution in [0, 0.1) is 11.8 Å². The Hall–Kier alpha value is -1.91. The molecule has 0 unspecified atom stereocenters. The summed E-state index contributed by atoms with van der Waals surface area (Å²) >= 11 is 0.